The van der Waals surface area contributed by atoms with E-state index < -0.39 is 0 Å². The number of carbonyl (C=O) groups excluding carboxylic acids is 1. The second-order valence-electron chi connectivity index (χ2n) is 5.01. The van der Waals surface area contributed by atoms with E-state index >= 15 is 0 Å². The molecule has 1 saturated heterocycles. The fraction of sp³-hybridized carbons (Fsp3) is 0.571. The van der Waals surface area contributed by atoms with Gasteiger partial charge in [-0.1, -0.05) is 0 Å². The van der Waals surface area contributed by atoms with Gasteiger partial charge in [0.05, 0.1) is 24.9 Å². The Kier molecular flexibility index (Phi) is 4.79. The highest BCUT2D eigenvalue weighted by atomic mass is 16.5. The molecule has 6 heteroatoms. The van der Waals surface area contributed by atoms with Gasteiger partial charge in [0, 0.05) is 26.2 Å². The molecule has 0 amide bonds. The van der Waals surface area contributed by atoms with Gasteiger partial charge in [0.15, 0.2) is 0 Å². The molecule has 1 aliphatic rings. The van der Waals surface area contributed by atoms with Crippen LogP contribution in [0.2, 0.25) is 0 Å². The number of aromatic nitrogens is 1. The number of likely N-dealkylation sites (N-methyl/N-ethyl adjacent to an activating group) is 1. The number of carbonyl (C=O) groups is 1. The molecule has 1 aliphatic heterocycles. The summed E-state index contributed by atoms with van der Waals surface area (Å²) in [6, 6.07) is 1.90. The smallest absolute Gasteiger partial charge is 0.310 e. The fourth-order valence-corrected chi connectivity index (χ4v) is 2.22. The number of anilines is 2. The Morgan fingerprint density at radius 2 is 2.10 bits per heavy atom. The van der Waals surface area contributed by atoms with Crippen molar-refractivity contribution in [1.82, 2.24) is 9.88 Å². The van der Waals surface area contributed by atoms with Crippen molar-refractivity contribution in [3.8, 4) is 0 Å². The zero-order valence-electron chi connectivity index (χ0n) is 12.1. The Labute approximate surface area is 119 Å². The minimum absolute atomic E-state index is 0.197. The molecule has 0 bridgehead atoms. The first-order valence-corrected chi connectivity index (χ1v) is 6.93. The molecule has 110 valence electrons. The van der Waals surface area contributed by atoms with Crippen molar-refractivity contribution in [3.63, 3.8) is 0 Å². The monoisotopic (exact) mass is 278 g/mol. The number of esters is 1. The van der Waals surface area contributed by atoms with Crippen molar-refractivity contribution >= 4 is 17.5 Å². The van der Waals surface area contributed by atoms with Crippen LogP contribution in [0.25, 0.3) is 0 Å². The number of piperazine rings is 1. The molecule has 2 rings (SSSR count). The Bertz CT molecular complexity index is 470. The van der Waals surface area contributed by atoms with Gasteiger partial charge in [-0.05, 0) is 25.6 Å². The van der Waals surface area contributed by atoms with E-state index in [1.807, 2.05) is 6.07 Å². The highest BCUT2D eigenvalue weighted by Gasteiger charge is 2.17. The molecular weight excluding hydrogens is 256 g/mol. The van der Waals surface area contributed by atoms with Gasteiger partial charge in [-0.25, -0.2) is 4.98 Å². The fourth-order valence-electron chi connectivity index (χ4n) is 2.22. The molecule has 0 aromatic carbocycles. The van der Waals surface area contributed by atoms with E-state index in [2.05, 4.69) is 21.8 Å². The maximum Gasteiger partial charge on any atom is 0.310 e. The largest absolute Gasteiger partial charge is 0.466 e. The van der Waals surface area contributed by atoms with E-state index in [1.165, 1.54) is 0 Å². The molecule has 1 aromatic heterocycles. The lowest BCUT2D eigenvalue weighted by molar-refractivity contribution is -0.142. The molecular formula is C14H22N4O2. The summed E-state index contributed by atoms with van der Waals surface area (Å²) in [7, 11) is 2.11. The van der Waals surface area contributed by atoms with Crippen LogP contribution in [0, 0.1) is 0 Å². The molecule has 0 aliphatic carbocycles. The van der Waals surface area contributed by atoms with Crippen LogP contribution in [-0.2, 0) is 16.0 Å². The van der Waals surface area contributed by atoms with Gasteiger partial charge in [0.1, 0.15) is 5.82 Å². The first kappa shape index (κ1) is 14.6. The number of nitrogens with two attached hydrogens (primary N) is 1. The summed E-state index contributed by atoms with van der Waals surface area (Å²) in [4.78, 5) is 20.4. The number of ether oxygens (including phenoxy) is 1. The van der Waals surface area contributed by atoms with Crippen molar-refractivity contribution in [2.24, 2.45) is 0 Å². The number of rotatable bonds is 4. The van der Waals surface area contributed by atoms with Crippen molar-refractivity contribution in [2.45, 2.75) is 13.3 Å². The predicted molar refractivity (Wildman–Crippen MR) is 78.7 cm³/mol. The number of pyridine rings is 1. The normalized spacial score (nSPS) is 16.2. The van der Waals surface area contributed by atoms with Crippen molar-refractivity contribution in [1.29, 1.82) is 0 Å². The maximum absolute atomic E-state index is 11.6. The van der Waals surface area contributed by atoms with Crippen LogP contribution < -0.4 is 10.6 Å². The van der Waals surface area contributed by atoms with Crippen LogP contribution in [0.5, 0.6) is 0 Å². The van der Waals surface area contributed by atoms with Crippen LogP contribution in [0.15, 0.2) is 12.3 Å². The number of nitrogens with zero attached hydrogens (tertiary/aromatic N) is 3. The zero-order chi connectivity index (χ0) is 14.5. The lowest BCUT2D eigenvalue weighted by Crippen LogP contribution is -2.44. The average Bonchev–Trinajstić information content (AvgIpc) is 2.42. The molecule has 0 atom stereocenters. The minimum atomic E-state index is -0.255. The standard InChI is InChI=1S/C14H22N4O2/c1-3-20-14(19)9-11-8-13(16-10-12(11)15)18-6-4-17(2)5-7-18/h8,10H,3-7,9,15H2,1-2H3. The van der Waals surface area contributed by atoms with Crippen LogP contribution in [0.4, 0.5) is 11.5 Å². The molecule has 0 spiro atoms. The third-order valence-electron chi connectivity index (χ3n) is 3.48. The third-order valence-corrected chi connectivity index (χ3v) is 3.48. The quantitative estimate of drug-likeness (QED) is 0.810. The highest BCUT2D eigenvalue weighted by Crippen LogP contribution is 2.20. The molecule has 20 heavy (non-hydrogen) atoms. The SMILES string of the molecule is CCOC(=O)Cc1cc(N2CCN(C)CC2)ncc1N. The summed E-state index contributed by atoms with van der Waals surface area (Å²) in [6.07, 6.45) is 1.82. The van der Waals surface area contributed by atoms with E-state index in [0.717, 1.165) is 37.6 Å². The third kappa shape index (κ3) is 3.60. The van der Waals surface area contributed by atoms with Gasteiger partial charge in [-0.15, -0.1) is 0 Å². The van der Waals surface area contributed by atoms with Crippen molar-refractivity contribution < 1.29 is 9.53 Å². The zero-order valence-corrected chi connectivity index (χ0v) is 12.1. The summed E-state index contributed by atoms with van der Waals surface area (Å²) in [5.41, 5.74) is 7.21. The van der Waals surface area contributed by atoms with Crippen LogP contribution in [-0.4, -0.2) is 55.7 Å². The molecule has 0 radical (unpaired) electrons. The molecule has 1 fully saturated rings. The van der Waals surface area contributed by atoms with Gasteiger partial charge in [-0.2, -0.15) is 0 Å². The highest BCUT2D eigenvalue weighted by molar-refractivity contribution is 5.75. The molecule has 2 N–H and O–H groups in total. The van der Waals surface area contributed by atoms with Gasteiger partial charge in [-0.3, -0.25) is 4.79 Å². The lowest BCUT2D eigenvalue weighted by Gasteiger charge is -2.33. The molecule has 0 saturated carbocycles. The van der Waals surface area contributed by atoms with E-state index in [-0.39, 0.29) is 12.4 Å². The Morgan fingerprint density at radius 1 is 1.40 bits per heavy atom. The average molecular weight is 278 g/mol. The van der Waals surface area contributed by atoms with Crippen LogP contribution in [0.1, 0.15) is 12.5 Å². The van der Waals surface area contributed by atoms with Gasteiger partial charge < -0.3 is 20.3 Å². The number of hydrogen-bond donors (Lipinski definition) is 1. The first-order valence-electron chi connectivity index (χ1n) is 6.93. The second kappa shape index (κ2) is 6.56. The van der Waals surface area contributed by atoms with Crippen molar-refractivity contribution in [2.75, 3.05) is 50.5 Å². The molecule has 6 nitrogen and oxygen atoms in total. The van der Waals surface area contributed by atoms with Gasteiger partial charge >= 0.3 is 5.97 Å². The first-order chi connectivity index (χ1) is 9.60. The van der Waals surface area contributed by atoms with Crippen LogP contribution in [0.3, 0.4) is 0 Å². The topological polar surface area (TPSA) is 71.7 Å². The second-order valence-corrected chi connectivity index (χ2v) is 5.01. The van der Waals surface area contributed by atoms with Crippen LogP contribution >= 0.6 is 0 Å². The summed E-state index contributed by atoms with van der Waals surface area (Å²) in [5.74, 6) is 0.626. The Hall–Kier alpha value is -1.82. The number of nitrogen functional groups attached to an aromatic ring is 1. The Balaban J connectivity index is 2.09. The minimum Gasteiger partial charge on any atom is -0.466 e. The van der Waals surface area contributed by atoms with E-state index in [0.29, 0.717) is 12.3 Å². The predicted octanol–water partition coefficient (Wildman–Crippen LogP) is 0.521. The lowest BCUT2D eigenvalue weighted by atomic mass is 10.1. The Morgan fingerprint density at radius 3 is 2.75 bits per heavy atom. The molecule has 1 aromatic rings. The van der Waals surface area contributed by atoms with Gasteiger partial charge in [0.25, 0.3) is 0 Å². The summed E-state index contributed by atoms with van der Waals surface area (Å²) in [5, 5.41) is 0. The summed E-state index contributed by atoms with van der Waals surface area (Å²) >= 11 is 0. The molecule has 0 unspecified atom stereocenters. The molecule has 2 heterocycles. The van der Waals surface area contributed by atoms with E-state index in [4.69, 9.17) is 10.5 Å². The van der Waals surface area contributed by atoms with Gasteiger partial charge in [0.2, 0.25) is 0 Å². The summed E-state index contributed by atoms with van der Waals surface area (Å²) < 4.78 is 4.97. The maximum atomic E-state index is 11.6. The number of hydrogen-bond acceptors (Lipinski definition) is 6. The van der Waals surface area contributed by atoms with Crippen molar-refractivity contribution in [3.05, 3.63) is 17.8 Å². The summed E-state index contributed by atoms with van der Waals surface area (Å²) in [6.45, 7) is 6.08. The van der Waals surface area contributed by atoms with E-state index in [9.17, 15) is 4.79 Å². The van der Waals surface area contributed by atoms with E-state index in [1.54, 1.807) is 13.1 Å².